The molecule has 2 rings (SSSR count). The van der Waals surface area contributed by atoms with Gasteiger partial charge in [0.1, 0.15) is 5.76 Å². The van der Waals surface area contributed by atoms with Crippen molar-refractivity contribution in [1.82, 2.24) is 5.32 Å². The zero-order valence-corrected chi connectivity index (χ0v) is 10.2. The molecule has 4 heteroatoms. The van der Waals surface area contributed by atoms with Crippen LogP contribution in [0.25, 0.3) is 0 Å². The summed E-state index contributed by atoms with van der Waals surface area (Å²) in [5.74, 6) is 0.512. The normalized spacial score (nSPS) is 16.5. The maximum atomic E-state index is 10.7. The van der Waals surface area contributed by atoms with E-state index in [4.69, 9.17) is 9.52 Å². The van der Waals surface area contributed by atoms with Crippen molar-refractivity contribution in [3.63, 3.8) is 0 Å². The number of rotatable bonds is 5. The SMILES string of the molecule is Cc1oc(C(=O)O)cc1CNCC1CCCC1. The van der Waals surface area contributed by atoms with E-state index in [9.17, 15) is 4.79 Å². The van der Waals surface area contributed by atoms with Crippen LogP contribution >= 0.6 is 0 Å². The van der Waals surface area contributed by atoms with E-state index in [1.807, 2.05) is 0 Å². The van der Waals surface area contributed by atoms with Crippen LogP contribution in [0.2, 0.25) is 0 Å². The Morgan fingerprint density at radius 3 is 2.82 bits per heavy atom. The van der Waals surface area contributed by atoms with E-state index in [2.05, 4.69) is 5.32 Å². The molecule has 1 fully saturated rings. The number of carbonyl (C=O) groups is 1. The summed E-state index contributed by atoms with van der Waals surface area (Å²) in [6.07, 6.45) is 5.33. The van der Waals surface area contributed by atoms with Crippen LogP contribution in [0.4, 0.5) is 0 Å². The molecule has 0 bridgehead atoms. The molecule has 17 heavy (non-hydrogen) atoms. The predicted molar refractivity (Wildman–Crippen MR) is 64.1 cm³/mol. The lowest BCUT2D eigenvalue weighted by Gasteiger charge is -2.09. The molecule has 0 amide bonds. The van der Waals surface area contributed by atoms with Gasteiger partial charge >= 0.3 is 5.97 Å². The van der Waals surface area contributed by atoms with Gasteiger partial charge in [0.2, 0.25) is 5.76 Å². The molecule has 94 valence electrons. The van der Waals surface area contributed by atoms with Crippen molar-refractivity contribution in [2.45, 2.75) is 39.2 Å². The third-order valence-electron chi connectivity index (χ3n) is 3.45. The van der Waals surface area contributed by atoms with Crippen LogP contribution in [0.5, 0.6) is 0 Å². The lowest BCUT2D eigenvalue weighted by molar-refractivity contribution is 0.0661. The number of carboxylic acids is 1. The zero-order valence-electron chi connectivity index (χ0n) is 10.2. The van der Waals surface area contributed by atoms with Gasteiger partial charge in [0.15, 0.2) is 0 Å². The van der Waals surface area contributed by atoms with Gasteiger partial charge in [-0.15, -0.1) is 0 Å². The first-order valence-electron chi connectivity index (χ1n) is 6.20. The van der Waals surface area contributed by atoms with Crippen LogP contribution in [0.3, 0.4) is 0 Å². The highest BCUT2D eigenvalue weighted by Gasteiger charge is 2.16. The highest BCUT2D eigenvalue weighted by Crippen LogP contribution is 2.24. The highest BCUT2D eigenvalue weighted by atomic mass is 16.4. The van der Waals surface area contributed by atoms with Crippen molar-refractivity contribution in [1.29, 1.82) is 0 Å². The molecule has 0 spiro atoms. The largest absolute Gasteiger partial charge is 0.475 e. The monoisotopic (exact) mass is 237 g/mol. The molecule has 0 saturated heterocycles. The third-order valence-corrected chi connectivity index (χ3v) is 3.45. The summed E-state index contributed by atoms with van der Waals surface area (Å²) < 4.78 is 5.16. The van der Waals surface area contributed by atoms with Crippen LogP contribution in [-0.4, -0.2) is 17.6 Å². The number of aromatic carboxylic acids is 1. The predicted octanol–water partition coefficient (Wildman–Crippen LogP) is 2.57. The number of furan rings is 1. The van der Waals surface area contributed by atoms with E-state index in [-0.39, 0.29) is 5.76 Å². The molecule has 2 N–H and O–H groups in total. The van der Waals surface area contributed by atoms with Crippen molar-refractivity contribution in [3.05, 3.63) is 23.2 Å². The van der Waals surface area contributed by atoms with E-state index in [1.165, 1.54) is 25.7 Å². The Bertz CT molecular complexity index is 391. The summed E-state index contributed by atoms with van der Waals surface area (Å²) in [5.41, 5.74) is 0.945. The highest BCUT2D eigenvalue weighted by molar-refractivity contribution is 5.84. The fourth-order valence-electron chi connectivity index (χ4n) is 2.43. The van der Waals surface area contributed by atoms with Gasteiger partial charge in [0.25, 0.3) is 0 Å². The summed E-state index contributed by atoms with van der Waals surface area (Å²) in [6, 6.07) is 1.61. The Labute approximate surface area is 101 Å². The molecule has 4 nitrogen and oxygen atoms in total. The van der Waals surface area contributed by atoms with Gasteiger partial charge in [-0.25, -0.2) is 4.79 Å². The van der Waals surface area contributed by atoms with Crippen LogP contribution in [0.1, 0.15) is 47.6 Å². The molecule has 0 unspecified atom stereocenters. The Kier molecular flexibility index (Phi) is 3.84. The van der Waals surface area contributed by atoms with Gasteiger partial charge in [-0.05, 0) is 38.3 Å². The van der Waals surface area contributed by atoms with E-state index >= 15 is 0 Å². The number of aryl methyl sites for hydroxylation is 1. The Hall–Kier alpha value is -1.29. The van der Waals surface area contributed by atoms with Crippen LogP contribution in [-0.2, 0) is 6.54 Å². The molecule has 0 aromatic carbocycles. The smallest absolute Gasteiger partial charge is 0.371 e. The lowest BCUT2D eigenvalue weighted by atomic mass is 10.1. The molecule has 1 aliphatic carbocycles. The second kappa shape index (κ2) is 5.36. The second-order valence-electron chi connectivity index (χ2n) is 4.78. The fourth-order valence-corrected chi connectivity index (χ4v) is 2.43. The molecular weight excluding hydrogens is 218 g/mol. The van der Waals surface area contributed by atoms with Gasteiger partial charge < -0.3 is 14.8 Å². The first kappa shape index (κ1) is 12.2. The van der Waals surface area contributed by atoms with E-state index in [1.54, 1.807) is 13.0 Å². The van der Waals surface area contributed by atoms with Crippen LogP contribution < -0.4 is 5.32 Å². The Morgan fingerprint density at radius 1 is 1.53 bits per heavy atom. The fraction of sp³-hybridized carbons (Fsp3) is 0.615. The molecular formula is C13H19NO3. The quantitative estimate of drug-likeness (QED) is 0.826. The third kappa shape index (κ3) is 3.09. The first-order valence-corrected chi connectivity index (χ1v) is 6.20. The van der Waals surface area contributed by atoms with Crippen LogP contribution in [0, 0.1) is 12.8 Å². The molecule has 1 aliphatic rings. The van der Waals surface area contributed by atoms with Gasteiger partial charge in [-0.2, -0.15) is 0 Å². The molecule has 0 atom stereocenters. The lowest BCUT2D eigenvalue weighted by Crippen LogP contribution is -2.20. The first-order chi connectivity index (χ1) is 8.16. The molecule has 1 heterocycles. The van der Waals surface area contributed by atoms with Crippen molar-refractivity contribution >= 4 is 5.97 Å². The number of nitrogens with one attached hydrogen (secondary N) is 1. The van der Waals surface area contributed by atoms with Crippen molar-refractivity contribution < 1.29 is 14.3 Å². The van der Waals surface area contributed by atoms with Crippen LogP contribution in [0.15, 0.2) is 10.5 Å². The molecule has 0 aliphatic heterocycles. The van der Waals surface area contributed by atoms with Gasteiger partial charge in [0, 0.05) is 12.1 Å². The summed E-state index contributed by atoms with van der Waals surface area (Å²) in [4.78, 5) is 10.7. The van der Waals surface area contributed by atoms with E-state index < -0.39 is 5.97 Å². The van der Waals surface area contributed by atoms with E-state index in [0.717, 1.165) is 18.0 Å². The van der Waals surface area contributed by atoms with Gasteiger partial charge in [0.05, 0.1) is 0 Å². The average molecular weight is 237 g/mol. The summed E-state index contributed by atoms with van der Waals surface area (Å²) in [7, 11) is 0. The van der Waals surface area contributed by atoms with Crippen molar-refractivity contribution in [2.75, 3.05) is 6.54 Å². The zero-order chi connectivity index (χ0) is 12.3. The second-order valence-corrected chi connectivity index (χ2v) is 4.78. The standard InChI is InChI=1S/C13H19NO3/c1-9-11(6-12(17-9)13(15)16)8-14-7-10-4-2-3-5-10/h6,10,14H,2-5,7-8H2,1H3,(H,15,16). The topological polar surface area (TPSA) is 62.5 Å². The minimum Gasteiger partial charge on any atom is -0.475 e. The number of hydrogen-bond donors (Lipinski definition) is 2. The average Bonchev–Trinajstić information content (AvgIpc) is 2.89. The summed E-state index contributed by atoms with van der Waals surface area (Å²) >= 11 is 0. The maximum absolute atomic E-state index is 10.7. The summed E-state index contributed by atoms with van der Waals surface area (Å²) in [5, 5.41) is 12.2. The number of hydrogen-bond acceptors (Lipinski definition) is 3. The minimum absolute atomic E-state index is 0.0279. The Morgan fingerprint density at radius 2 is 2.24 bits per heavy atom. The minimum atomic E-state index is -1.00. The van der Waals surface area contributed by atoms with Crippen molar-refractivity contribution in [3.8, 4) is 0 Å². The van der Waals surface area contributed by atoms with Crippen molar-refractivity contribution in [2.24, 2.45) is 5.92 Å². The van der Waals surface area contributed by atoms with E-state index in [0.29, 0.717) is 12.3 Å². The molecule has 1 aromatic rings. The molecule has 1 aromatic heterocycles. The maximum Gasteiger partial charge on any atom is 0.371 e. The van der Waals surface area contributed by atoms with Gasteiger partial charge in [-0.1, -0.05) is 12.8 Å². The summed E-state index contributed by atoms with van der Waals surface area (Å²) in [6.45, 7) is 3.52. The number of carboxylic acid groups (broad SMARTS) is 1. The Balaban J connectivity index is 1.83. The molecule has 1 saturated carbocycles. The molecule has 0 radical (unpaired) electrons. The van der Waals surface area contributed by atoms with Gasteiger partial charge in [-0.3, -0.25) is 0 Å².